The van der Waals surface area contributed by atoms with Gasteiger partial charge in [0.2, 0.25) is 5.91 Å². The summed E-state index contributed by atoms with van der Waals surface area (Å²) in [6, 6.07) is 8.53. The van der Waals surface area contributed by atoms with Crippen LogP contribution in [0.2, 0.25) is 0 Å². The first-order valence-corrected chi connectivity index (χ1v) is 8.67. The second-order valence-corrected chi connectivity index (χ2v) is 7.14. The van der Waals surface area contributed by atoms with Crippen LogP contribution in [-0.4, -0.2) is 37.5 Å². The lowest BCUT2D eigenvalue weighted by Crippen LogP contribution is -2.50. The summed E-state index contributed by atoms with van der Waals surface area (Å²) in [5.41, 5.74) is 2.32. The van der Waals surface area contributed by atoms with Crippen molar-refractivity contribution in [3.05, 3.63) is 35.4 Å². The van der Waals surface area contributed by atoms with Gasteiger partial charge in [-0.15, -0.1) is 12.4 Å². The summed E-state index contributed by atoms with van der Waals surface area (Å²) in [6.07, 6.45) is 5.48. The predicted octanol–water partition coefficient (Wildman–Crippen LogP) is 3.16. The van der Waals surface area contributed by atoms with E-state index in [2.05, 4.69) is 41.4 Å². The number of carbonyl (C=O) groups excluding carboxylic acids is 1. The lowest BCUT2D eigenvalue weighted by atomic mass is 9.70. The molecule has 1 aliphatic carbocycles. The van der Waals surface area contributed by atoms with Gasteiger partial charge in [-0.2, -0.15) is 0 Å². The zero-order chi connectivity index (χ0) is 15.6. The van der Waals surface area contributed by atoms with Crippen molar-refractivity contribution < 1.29 is 4.79 Å². The van der Waals surface area contributed by atoms with E-state index in [4.69, 9.17) is 0 Å². The number of likely N-dealkylation sites (tertiary alicyclic amines) is 1. The first-order chi connectivity index (χ1) is 10.6. The van der Waals surface area contributed by atoms with Crippen LogP contribution < -0.4 is 5.32 Å². The number of piperidine rings is 1. The molecule has 1 atom stereocenters. The molecule has 0 spiro atoms. The van der Waals surface area contributed by atoms with Gasteiger partial charge in [0.05, 0.1) is 5.41 Å². The van der Waals surface area contributed by atoms with Crippen LogP contribution in [-0.2, 0) is 16.6 Å². The summed E-state index contributed by atoms with van der Waals surface area (Å²) in [6.45, 7) is 5.07. The van der Waals surface area contributed by atoms with Gasteiger partial charge in [0.25, 0.3) is 0 Å². The number of hydrogen-bond donors (Lipinski definition) is 1. The molecule has 1 aromatic rings. The molecule has 2 aliphatic rings. The largest absolute Gasteiger partial charge is 0.342 e. The fourth-order valence-corrected chi connectivity index (χ4v) is 4.24. The molecule has 128 valence electrons. The number of aryl methyl sites for hydroxylation is 1. The Morgan fingerprint density at radius 3 is 2.70 bits per heavy atom. The molecule has 1 fully saturated rings. The van der Waals surface area contributed by atoms with E-state index in [9.17, 15) is 4.79 Å². The SMILES string of the molecule is CNCC1CCN(C(=O)C2(C)CCCc3ccccc32)CC1.Cl. The number of rotatable bonds is 3. The van der Waals surface area contributed by atoms with Gasteiger partial charge in [-0.25, -0.2) is 0 Å². The summed E-state index contributed by atoms with van der Waals surface area (Å²) >= 11 is 0. The third-order valence-electron chi connectivity index (χ3n) is 5.60. The Kier molecular flexibility index (Phi) is 6.10. The quantitative estimate of drug-likeness (QED) is 0.919. The Labute approximate surface area is 146 Å². The molecule has 0 bridgehead atoms. The van der Waals surface area contributed by atoms with Crippen molar-refractivity contribution in [2.75, 3.05) is 26.7 Å². The molecule has 23 heavy (non-hydrogen) atoms. The van der Waals surface area contributed by atoms with Crippen LogP contribution >= 0.6 is 12.4 Å². The molecule has 1 N–H and O–H groups in total. The number of fused-ring (bicyclic) bond motifs is 1. The van der Waals surface area contributed by atoms with E-state index < -0.39 is 0 Å². The standard InChI is InChI=1S/C19H28N2O.ClH/c1-19(11-5-7-16-6-3-4-8-17(16)19)18(22)21-12-9-15(10-13-21)14-20-2;/h3-4,6,8,15,20H,5,7,9-14H2,1-2H3;1H. The van der Waals surface area contributed by atoms with E-state index in [0.717, 1.165) is 57.7 Å². The van der Waals surface area contributed by atoms with Crippen LogP contribution in [0.5, 0.6) is 0 Å². The van der Waals surface area contributed by atoms with Crippen LogP contribution in [0.4, 0.5) is 0 Å². The summed E-state index contributed by atoms with van der Waals surface area (Å²) in [5, 5.41) is 3.26. The summed E-state index contributed by atoms with van der Waals surface area (Å²) in [4.78, 5) is 15.3. The van der Waals surface area contributed by atoms with Crippen molar-refractivity contribution in [1.82, 2.24) is 10.2 Å². The number of hydrogen-bond acceptors (Lipinski definition) is 2. The number of nitrogens with zero attached hydrogens (tertiary/aromatic N) is 1. The summed E-state index contributed by atoms with van der Waals surface area (Å²) in [7, 11) is 2.01. The number of carbonyl (C=O) groups is 1. The number of nitrogens with one attached hydrogen (secondary N) is 1. The Morgan fingerprint density at radius 1 is 1.30 bits per heavy atom. The third kappa shape index (κ3) is 3.56. The topological polar surface area (TPSA) is 32.3 Å². The van der Waals surface area contributed by atoms with Gasteiger partial charge < -0.3 is 10.2 Å². The average molecular weight is 337 g/mol. The van der Waals surface area contributed by atoms with Crippen LogP contribution in [0.25, 0.3) is 0 Å². The second-order valence-electron chi connectivity index (χ2n) is 7.14. The highest BCUT2D eigenvalue weighted by atomic mass is 35.5. The first kappa shape index (κ1) is 18.3. The van der Waals surface area contributed by atoms with Gasteiger partial charge in [0, 0.05) is 13.1 Å². The van der Waals surface area contributed by atoms with Crippen LogP contribution in [0, 0.1) is 5.92 Å². The van der Waals surface area contributed by atoms with Gasteiger partial charge in [-0.3, -0.25) is 4.79 Å². The Morgan fingerprint density at radius 2 is 2.00 bits per heavy atom. The molecule has 1 saturated heterocycles. The molecule has 4 heteroatoms. The fourth-order valence-electron chi connectivity index (χ4n) is 4.24. The average Bonchev–Trinajstić information content (AvgIpc) is 2.56. The van der Waals surface area contributed by atoms with Crippen molar-refractivity contribution in [2.24, 2.45) is 5.92 Å². The molecule has 1 aromatic carbocycles. The van der Waals surface area contributed by atoms with Crippen molar-refractivity contribution in [2.45, 2.75) is 44.4 Å². The first-order valence-electron chi connectivity index (χ1n) is 8.67. The lowest BCUT2D eigenvalue weighted by Gasteiger charge is -2.41. The van der Waals surface area contributed by atoms with Crippen LogP contribution in [0.3, 0.4) is 0 Å². The van der Waals surface area contributed by atoms with Gasteiger partial charge in [-0.05, 0) is 69.7 Å². The Balaban J connectivity index is 0.00000192. The maximum absolute atomic E-state index is 13.2. The van der Waals surface area contributed by atoms with E-state index in [1.165, 1.54) is 11.1 Å². The molecule has 0 radical (unpaired) electrons. The Hall–Kier alpha value is -1.06. The van der Waals surface area contributed by atoms with E-state index >= 15 is 0 Å². The molecule has 3 rings (SSSR count). The second kappa shape index (κ2) is 7.67. The van der Waals surface area contributed by atoms with E-state index in [-0.39, 0.29) is 17.8 Å². The van der Waals surface area contributed by atoms with Gasteiger partial charge in [0.15, 0.2) is 0 Å². The lowest BCUT2D eigenvalue weighted by molar-refractivity contribution is -0.138. The highest BCUT2D eigenvalue weighted by Crippen LogP contribution is 2.39. The smallest absolute Gasteiger partial charge is 0.232 e. The normalized spacial score (nSPS) is 24.7. The van der Waals surface area contributed by atoms with Crippen molar-refractivity contribution in [1.29, 1.82) is 0 Å². The van der Waals surface area contributed by atoms with Crippen molar-refractivity contribution in [3.8, 4) is 0 Å². The predicted molar refractivity (Wildman–Crippen MR) is 97.2 cm³/mol. The molecule has 1 unspecified atom stereocenters. The number of halogens is 1. The minimum Gasteiger partial charge on any atom is -0.342 e. The van der Waals surface area contributed by atoms with E-state index in [1.54, 1.807) is 0 Å². The zero-order valence-electron chi connectivity index (χ0n) is 14.3. The minimum atomic E-state index is -0.315. The van der Waals surface area contributed by atoms with Gasteiger partial charge in [-0.1, -0.05) is 24.3 Å². The monoisotopic (exact) mass is 336 g/mol. The van der Waals surface area contributed by atoms with Crippen molar-refractivity contribution in [3.63, 3.8) is 0 Å². The molecule has 1 heterocycles. The maximum Gasteiger partial charge on any atom is 0.232 e. The minimum absolute atomic E-state index is 0. The Bertz CT molecular complexity index is 540. The zero-order valence-corrected chi connectivity index (χ0v) is 15.1. The van der Waals surface area contributed by atoms with Gasteiger partial charge >= 0.3 is 0 Å². The highest BCUT2D eigenvalue weighted by Gasteiger charge is 2.41. The number of benzene rings is 1. The van der Waals surface area contributed by atoms with Crippen LogP contribution in [0.1, 0.15) is 43.7 Å². The van der Waals surface area contributed by atoms with Crippen molar-refractivity contribution >= 4 is 18.3 Å². The van der Waals surface area contributed by atoms with E-state index in [1.807, 2.05) is 7.05 Å². The summed E-state index contributed by atoms with van der Waals surface area (Å²) < 4.78 is 0. The molecular formula is C19H29ClN2O. The molecule has 0 saturated carbocycles. The fraction of sp³-hybridized carbons (Fsp3) is 0.632. The molecule has 1 aliphatic heterocycles. The van der Waals surface area contributed by atoms with E-state index in [0.29, 0.717) is 5.91 Å². The maximum atomic E-state index is 13.2. The molecule has 0 aromatic heterocycles. The molecular weight excluding hydrogens is 308 g/mol. The van der Waals surface area contributed by atoms with Gasteiger partial charge in [0.1, 0.15) is 0 Å². The molecule has 3 nitrogen and oxygen atoms in total. The van der Waals surface area contributed by atoms with Crippen LogP contribution in [0.15, 0.2) is 24.3 Å². The number of amides is 1. The highest BCUT2D eigenvalue weighted by molar-refractivity contribution is 5.88. The molecule has 1 amide bonds. The third-order valence-corrected chi connectivity index (χ3v) is 5.60. The summed E-state index contributed by atoms with van der Waals surface area (Å²) in [5.74, 6) is 1.07.